The molecule has 0 saturated heterocycles. The molecule has 0 aliphatic heterocycles. The first kappa shape index (κ1) is 15.3. The molecule has 5 nitrogen and oxygen atoms in total. The molecular weight excluding hydrogens is 274 g/mol. The van der Waals surface area contributed by atoms with Gasteiger partial charge in [-0.05, 0) is 40.8 Å². The second kappa shape index (κ2) is 6.54. The van der Waals surface area contributed by atoms with E-state index in [2.05, 4.69) is 36.2 Å². The quantitative estimate of drug-likeness (QED) is 0.815. The normalized spacial score (nSPS) is 18.9. The fraction of sp³-hybridized carbons (Fsp3) is 0.714. The minimum absolute atomic E-state index is 0.135. The molecule has 1 aliphatic carbocycles. The minimum atomic E-state index is -0.166. The van der Waals surface area contributed by atoms with Gasteiger partial charge in [-0.2, -0.15) is 0 Å². The van der Waals surface area contributed by atoms with Crippen LogP contribution in [0.2, 0.25) is 0 Å². The summed E-state index contributed by atoms with van der Waals surface area (Å²) in [5.74, 6) is -0.301. The van der Waals surface area contributed by atoms with E-state index >= 15 is 0 Å². The standard InChI is InChI=1S/C14H23N3O2S/c1-5-19-13(18)10-6-7-11-12(10)16-14(20-11)15-9(2)8-17(3)4/h9-10H,5-8H2,1-4H3,(H,15,16). The van der Waals surface area contributed by atoms with Crippen LogP contribution in [-0.2, 0) is 16.0 Å². The monoisotopic (exact) mass is 297 g/mol. The van der Waals surface area contributed by atoms with Crippen LogP contribution in [0.15, 0.2) is 0 Å². The fourth-order valence-corrected chi connectivity index (χ4v) is 3.72. The highest BCUT2D eigenvalue weighted by atomic mass is 32.1. The number of hydrogen-bond donors (Lipinski definition) is 1. The Balaban J connectivity index is 2.03. The van der Waals surface area contributed by atoms with Crippen molar-refractivity contribution in [1.82, 2.24) is 9.88 Å². The van der Waals surface area contributed by atoms with E-state index in [-0.39, 0.29) is 11.9 Å². The molecule has 112 valence electrons. The molecule has 2 atom stereocenters. The second-order valence-electron chi connectivity index (χ2n) is 5.48. The minimum Gasteiger partial charge on any atom is -0.465 e. The number of thiazole rings is 1. The van der Waals surface area contributed by atoms with Gasteiger partial charge in [-0.3, -0.25) is 4.79 Å². The molecule has 6 heteroatoms. The number of aromatic nitrogens is 1. The number of ether oxygens (including phenoxy) is 1. The number of nitrogens with one attached hydrogen (secondary N) is 1. The summed E-state index contributed by atoms with van der Waals surface area (Å²) in [6, 6.07) is 0.331. The summed E-state index contributed by atoms with van der Waals surface area (Å²) in [6.07, 6.45) is 1.76. The maximum Gasteiger partial charge on any atom is 0.315 e. The van der Waals surface area contributed by atoms with Gasteiger partial charge < -0.3 is 15.0 Å². The van der Waals surface area contributed by atoms with Crippen LogP contribution in [0.1, 0.15) is 36.8 Å². The van der Waals surface area contributed by atoms with Gasteiger partial charge >= 0.3 is 5.97 Å². The summed E-state index contributed by atoms with van der Waals surface area (Å²) in [4.78, 5) is 19.9. The van der Waals surface area contributed by atoms with Gasteiger partial charge in [-0.1, -0.05) is 0 Å². The van der Waals surface area contributed by atoms with Crippen LogP contribution in [0.25, 0.3) is 0 Å². The molecule has 2 unspecified atom stereocenters. The number of fused-ring (bicyclic) bond motifs is 1. The average molecular weight is 297 g/mol. The van der Waals surface area contributed by atoms with Crippen molar-refractivity contribution in [3.63, 3.8) is 0 Å². The molecule has 2 rings (SSSR count). The zero-order valence-corrected chi connectivity index (χ0v) is 13.4. The van der Waals surface area contributed by atoms with Crippen molar-refractivity contribution in [2.75, 3.05) is 32.6 Å². The molecule has 0 bridgehead atoms. The SMILES string of the molecule is CCOC(=O)C1CCc2sc(NC(C)CN(C)C)nc21. The number of aryl methyl sites for hydroxylation is 1. The van der Waals surface area contributed by atoms with Gasteiger partial charge in [-0.15, -0.1) is 11.3 Å². The third-order valence-corrected chi connectivity index (χ3v) is 4.36. The van der Waals surface area contributed by atoms with E-state index < -0.39 is 0 Å². The van der Waals surface area contributed by atoms with Crippen molar-refractivity contribution < 1.29 is 9.53 Å². The largest absolute Gasteiger partial charge is 0.465 e. The third-order valence-electron chi connectivity index (χ3n) is 3.30. The van der Waals surface area contributed by atoms with Crippen LogP contribution in [0.5, 0.6) is 0 Å². The first-order valence-corrected chi connectivity index (χ1v) is 7.90. The van der Waals surface area contributed by atoms with Crippen molar-refractivity contribution in [3.8, 4) is 0 Å². The number of hydrogen-bond acceptors (Lipinski definition) is 6. The molecule has 1 heterocycles. The molecule has 1 aromatic heterocycles. The van der Waals surface area contributed by atoms with Crippen LogP contribution in [0, 0.1) is 0 Å². The molecule has 0 saturated carbocycles. The summed E-state index contributed by atoms with van der Waals surface area (Å²) in [6.45, 7) is 5.35. The van der Waals surface area contributed by atoms with E-state index in [1.54, 1.807) is 11.3 Å². The van der Waals surface area contributed by atoms with Crippen LogP contribution in [-0.4, -0.2) is 49.1 Å². The van der Waals surface area contributed by atoms with Crippen molar-refractivity contribution in [2.45, 2.75) is 38.6 Å². The Morgan fingerprint density at radius 3 is 3.00 bits per heavy atom. The van der Waals surface area contributed by atoms with Crippen LogP contribution < -0.4 is 5.32 Å². The lowest BCUT2D eigenvalue weighted by Gasteiger charge is -2.17. The molecule has 0 amide bonds. The average Bonchev–Trinajstić information content (AvgIpc) is 2.86. The van der Waals surface area contributed by atoms with E-state index in [1.807, 2.05) is 6.92 Å². The highest BCUT2D eigenvalue weighted by Crippen LogP contribution is 2.39. The number of esters is 1. The van der Waals surface area contributed by atoms with Gasteiger partial charge in [0.05, 0.1) is 12.3 Å². The summed E-state index contributed by atoms with van der Waals surface area (Å²) < 4.78 is 5.12. The van der Waals surface area contributed by atoms with Gasteiger partial charge in [0, 0.05) is 17.5 Å². The van der Waals surface area contributed by atoms with Crippen LogP contribution in [0.3, 0.4) is 0 Å². The Morgan fingerprint density at radius 2 is 2.35 bits per heavy atom. The van der Waals surface area contributed by atoms with E-state index in [0.29, 0.717) is 12.6 Å². The Hall–Kier alpha value is -1.14. The summed E-state index contributed by atoms with van der Waals surface area (Å²) in [5.41, 5.74) is 0.924. The maximum atomic E-state index is 11.9. The molecule has 20 heavy (non-hydrogen) atoms. The third kappa shape index (κ3) is 3.49. The first-order chi connectivity index (χ1) is 9.51. The zero-order valence-electron chi connectivity index (χ0n) is 12.6. The zero-order chi connectivity index (χ0) is 14.7. The Kier molecular flexibility index (Phi) is 4.99. The van der Waals surface area contributed by atoms with Gasteiger partial charge in [0.1, 0.15) is 5.92 Å². The topological polar surface area (TPSA) is 54.5 Å². The first-order valence-electron chi connectivity index (χ1n) is 7.08. The maximum absolute atomic E-state index is 11.9. The summed E-state index contributed by atoms with van der Waals surface area (Å²) in [5, 5.41) is 4.32. The molecule has 0 fully saturated rings. The molecule has 1 N–H and O–H groups in total. The second-order valence-corrected chi connectivity index (χ2v) is 6.56. The Morgan fingerprint density at radius 1 is 1.60 bits per heavy atom. The van der Waals surface area contributed by atoms with Crippen LogP contribution in [0.4, 0.5) is 5.13 Å². The number of rotatable bonds is 6. The predicted octanol–water partition coefficient (Wildman–Crippen LogP) is 2.10. The number of carbonyl (C=O) groups is 1. The number of nitrogens with zero attached hydrogens (tertiary/aromatic N) is 2. The number of likely N-dealkylation sites (N-methyl/N-ethyl adjacent to an activating group) is 1. The molecule has 0 aromatic carbocycles. The predicted molar refractivity (Wildman–Crippen MR) is 81.4 cm³/mol. The van der Waals surface area contributed by atoms with E-state index in [9.17, 15) is 4.79 Å². The molecule has 1 aromatic rings. The Labute approximate surface area is 124 Å². The number of carbonyl (C=O) groups excluding carboxylic acids is 1. The van der Waals surface area contributed by atoms with E-state index in [4.69, 9.17) is 4.74 Å². The molecule has 0 spiro atoms. The highest BCUT2D eigenvalue weighted by Gasteiger charge is 2.33. The Bertz CT molecular complexity index is 473. The van der Waals surface area contributed by atoms with Gasteiger partial charge in [-0.25, -0.2) is 4.98 Å². The van der Waals surface area contributed by atoms with E-state index in [1.165, 1.54) is 4.88 Å². The molecular formula is C14H23N3O2S. The molecule has 1 aliphatic rings. The highest BCUT2D eigenvalue weighted by molar-refractivity contribution is 7.15. The lowest BCUT2D eigenvalue weighted by Crippen LogP contribution is -2.29. The van der Waals surface area contributed by atoms with Crippen molar-refractivity contribution >= 4 is 22.4 Å². The van der Waals surface area contributed by atoms with Gasteiger partial charge in [0.25, 0.3) is 0 Å². The summed E-state index contributed by atoms with van der Waals surface area (Å²) in [7, 11) is 4.10. The van der Waals surface area contributed by atoms with Crippen molar-refractivity contribution in [2.24, 2.45) is 0 Å². The van der Waals surface area contributed by atoms with Crippen LogP contribution >= 0.6 is 11.3 Å². The smallest absolute Gasteiger partial charge is 0.315 e. The fourth-order valence-electron chi connectivity index (χ4n) is 2.57. The lowest BCUT2D eigenvalue weighted by atomic mass is 10.1. The number of anilines is 1. The van der Waals surface area contributed by atoms with Gasteiger partial charge in [0.2, 0.25) is 0 Å². The van der Waals surface area contributed by atoms with Gasteiger partial charge in [0.15, 0.2) is 5.13 Å². The van der Waals surface area contributed by atoms with Crippen molar-refractivity contribution in [1.29, 1.82) is 0 Å². The molecule has 0 radical (unpaired) electrons. The van der Waals surface area contributed by atoms with E-state index in [0.717, 1.165) is 30.2 Å². The lowest BCUT2D eigenvalue weighted by molar-refractivity contribution is -0.145. The van der Waals surface area contributed by atoms with Crippen molar-refractivity contribution in [3.05, 3.63) is 10.6 Å². The summed E-state index contributed by atoms with van der Waals surface area (Å²) >= 11 is 1.67.